The van der Waals surface area contributed by atoms with E-state index in [9.17, 15) is 26.7 Å². The van der Waals surface area contributed by atoms with Gasteiger partial charge in [0.05, 0.1) is 33.7 Å². The van der Waals surface area contributed by atoms with E-state index in [0.717, 1.165) is 23.7 Å². The van der Waals surface area contributed by atoms with Crippen LogP contribution in [0.2, 0.25) is 10.0 Å². The zero-order chi connectivity index (χ0) is 28.8. The van der Waals surface area contributed by atoms with E-state index in [1.54, 1.807) is 6.92 Å². The predicted octanol–water partition coefficient (Wildman–Crippen LogP) is 4.70. The molecule has 1 fully saturated rings. The van der Waals surface area contributed by atoms with Gasteiger partial charge in [0, 0.05) is 55.3 Å². The molecule has 0 radical (unpaired) electrons. The lowest BCUT2D eigenvalue weighted by Gasteiger charge is -2.39. The largest absolute Gasteiger partial charge is 0.573 e. The third kappa shape index (κ3) is 6.58. The van der Waals surface area contributed by atoms with Crippen LogP contribution in [0.15, 0.2) is 40.3 Å². The Morgan fingerprint density at radius 3 is 2.41 bits per heavy atom. The molecule has 3 aromatic rings. The Labute approximate surface area is 233 Å². The molecule has 1 N–H and O–H groups in total. The number of hydrogen-bond acceptors (Lipinski definition) is 6. The second-order valence-electron chi connectivity index (χ2n) is 9.89. The summed E-state index contributed by atoms with van der Waals surface area (Å²) in [4.78, 5) is 22.0. The van der Waals surface area contributed by atoms with Gasteiger partial charge in [-0.3, -0.25) is 18.8 Å². The van der Waals surface area contributed by atoms with Crippen molar-refractivity contribution >= 4 is 43.5 Å². The first-order valence-electron chi connectivity index (χ1n) is 12.1. The first-order valence-corrected chi connectivity index (χ1v) is 15.4. The van der Waals surface area contributed by atoms with Gasteiger partial charge in [-0.1, -0.05) is 23.2 Å². The second-order valence-corrected chi connectivity index (χ2v) is 14.7. The highest BCUT2D eigenvalue weighted by molar-refractivity contribution is 8.14. The van der Waals surface area contributed by atoms with Gasteiger partial charge in [0.1, 0.15) is 5.75 Å². The number of rotatable bonds is 7. The molecule has 14 heteroatoms. The Morgan fingerprint density at radius 1 is 1.13 bits per heavy atom. The zero-order valence-corrected chi connectivity index (χ0v) is 23.9. The molecule has 0 bridgehead atoms. The number of nitrogens with zero attached hydrogens (tertiary/aromatic N) is 4. The first kappa shape index (κ1) is 29.8. The lowest BCUT2D eigenvalue weighted by atomic mass is 10.1. The van der Waals surface area contributed by atoms with Gasteiger partial charge in [0.25, 0.3) is 5.56 Å². The van der Waals surface area contributed by atoms with Crippen molar-refractivity contribution in [1.29, 1.82) is 0 Å². The highest BCUT2D eigenvalue weighted by Crippen LogP contribution is 2.37. The molecule has 2 heterocycles. The normalized spacial score (nSPS) is 16.8. The number of benzene rings is 2. The van der Waals surface area contributed by atoms with E-state index in [1.165, 1.54) is 30.8 Å². The van der Waals surface area contributed by atoms with Crippen molar-refractivity contribution in [1.82, 2.24) is 19.4 Å². The molecule has 39 heavy (non-hydrogen) atoms. The maximum Gasteiger partial charge on any atom is 0.573 e. The van der Waals surface area contributed by atoms with E-state index >= 15 is 0 Å². The summed E-state index contributed by atoms with van der Waals surface area (Å²) in [7, 11) is -2.29. The maximum absolute atomic E-state index is 13.5. The fraction of sp³-hybridized carbons (Fsp3) is 0.440. The van der Waals surface area contributed by atoms with Crippen LogP contribution in [-0.2, 0) is 22.4 Å². The van der Waals surface area contributed by atoms with Crippen LogP contribution in [0.3, 0.4) is 0 Å². The van der Waals surface area contributed by atoms with E-state index in [4.69, 9.17) is 23.2 Å². The molecule has 0 saturated carbocycles. The lowest BCUT2D eigenvalue weighted by Crippen LogP contribution is -2.44. The van der Waals surface area contributed by atoms with Gasteiger partial charge >= 0.3 is 6.36 Å². The van der Waals surface area contributed by atoms with Crippen molar-refractivity contribution in [2.24, 2.45) is 0 Å². The molecule has 1 aliphatic heterocycles. The number of ether oxygens (including phenoxy) is 1. The molecule has 0 unspecified atom stereocenters. The summed E-state index contributed by atoms with van der Waals surface area (Å²) in [6, 6.07) is 5.40. The summed E-state index contributed by atoms with van der Waals surface area (Å²) >= 11 is 12.7. The van der Waals surface area contributed by atoms with E-state index in [1.807, 2.05) is 11.9 Å². The topological polar surface area (TPSA) is 87.9 Å². The van der Waals surface area contributed by atoms with Crippen molar-refractivity contribution in [2.45, 2.75) is 31.3 Å². The highest BCUT2D eigenvalue weighted by Gasteiger charge is 2.34. The Hall–Kier alpha value is -2.22. The number of fused-ring (bicyclic) bond motifs is 1. The summed E-state index contributed by atoms with van der Waals surface area (Å²) in [6.07, 6.45) is -2.57. The van der Waals surface area contributed by atoms with E-state index in [0.29, 0.717) is 18.7 Å². The van der Waals surface area contributed by atoms with Crippen LogP contribution >= 0.6 is 23.2 Å². The Kier molecular flexibility index (Phi) is 8.12. The van der Waals surface area contributed by atoms with Crippen LogP contribution in [0, 0.1) is 0 Å². The van der Waals surface area contributed by atoms with Crippen LogP contribution in [0.5, 0.6) is 5.75 Å². The lowest BCUT2D eigenvalue weighted by molar-refractivity contribution is -0.274. The summed E-state index contributed by atoms with van der Waals surface area (Å²) in [5.41, 5.74) is -0.264. The first-order chi connectivity index (χ1) is 18.1. The van der Waals surface area contributed by atoms with Gasteiger partial charge in [0.2, 0.25) is 0 Å². The van der Waals surface area contributed by atoms with E-state index < -0.39 is 27.0 Å². The average Bonchev–Trinajstić information content (AvgIpc) is 2.83. The smallest absolute Gasteiger partial charge is 0.405 e. The molecule has 0 amide bonds. The molecular weight excluding hydrogens is 580 g/mol. The maximum atomic E-state index is 13.5. The standard InChI is InChI=1S/C25H29Cl2F3N4O4S/c1-4-39(3,36,37)21-6-5-17(26)11-16(21)13-34-15-31-23-18(24(34)35)12-20(38-25(28,29)30)19(22(23)27)14-33-9-7-32(2)8-10-33/h5-6,11-12,15H,4,7-10,13-14H2,1-3H3,(H,36,37). The predicted molar refractivity (Wildman–Crippen MR) is 147 cm³/mol. The van der Waals surface area contributed by atoms with Gasteiger partial charge in [-0.2, -0.15) is 9.35 Å². The van der Waals surface area contributed by atoms with Gasteiger partial charge in [0.15, 0.2) is 0 Å². The minimum atomic E-state index is -5.01. The van der Waals surface area contributed by atoms with Gasteiger partial charge in [-0.25, -0.2) is 9.19 Å². The molecule has 214 valence electrons. The highest BCUT2D eigenvalue weighted by atomic mass is 35.5. The van der Waals surface area contributed by atoms with E-state index in [-0.39, 0.29) is 50.2 Å². The fourth-order valence-electron chi connectivity index (χ4n) is 4.51. The van der Waals surface area contributed by atoms with Gasteiger partial charge in [-0.15, -0.1) is 13.2 Å². The quantitative estimate of drug-likeness (QED) is 0.416. The molecule has 4 rings (SSSR count). The van der Waals surface area contributed by atoms with E-state index in [2.05, 4.69) is 14.6 Å². The molecular formula is C25H29Cl2F3N4O4S. The minimum Gasteiger partial charge on any atom is -0.405 e. The molecule has 1 aliphatic rings. The number of aromatic nitrogens is 2. The van der Waals surface area contributed by atoms with Crippen molar-refractivity contribution in [3.8, 4) is 5.75 Å². The molecule has 8 nitrogen and oxygen atoms in total. The zero-order valence-electron chi connectivity index (χ0n) is 21.6. The number of piperazine rings is 1. The Morgan fingerprint density at radius 2 is 1.79 bits per heavy atom. The summed E-state index contributed by atoms with van der Waals surface area (Å²) in [5, 5.41) is 0.00454. The second kappa shape index (κ2) is 10.6. The average molecular weight is 609 g/mol. The third-order valence-corrected chi connectivity index (χ3v) is 10.5. The monoisotopic (exact) mass is 608 g/mol. The van der Waals surface area contributed by atoms with Crippen LogP contribution in [0.25, 0.3) is 10.9 Å². The Bertz CT molecular complexity index is 1530. The molecule has 0 aliphatic carbocycles. The molecule has 1 saturated heterocycles. The van der Waals surface area contributed by atoms with Crippen LogP contribution in [0.1, 0.15) is 18.1 Å². The van der Waals surface area contributed by atoms with Crippen LogP contribution in [-0.4, -0.2) is 79.7 Å². The van der Waals surface area contributed by atoms with Crippen LogP contribution < -0.4 is 10.3 Å². The summed E-state index contributed by atoms with van der Waals surface area (Å²) < 4.78 is 69.7. The number of halogens is 5. The minimum absolute atomic E-state index is 0.0380. The molecule has 0 atom stereocenters. The van der Waals surface area contributed by atoms with Gasteiger partial charge < -0.3 is 9.64 Å². The van der Waals surface area contributed by atoms with Crippen molar-refractivity contribution < 1.29 is 26.7 Å². The van der Waals surface area contributed by atoms with Crippen molar-refractivity contribution in [2.75, 3.05) is 45.2 Å². The molecule has 0 spiro atoms. The third-order valence-electron chi connectivity index (χ3n) is 6.93. The number of alkyl halides is 3. The van der Waals surface area contributed by atoms with Crippen molar-refractivity contribution in [3.05, 3.63) is 62.1 Å². The number of likely N-dealkylation sites (N-methyl/N-ethyl adjacent to an activating group) is 1. The SMILES string of the molecule is CCS(C)(=O)(O)c1ccc(Cl)cc1Cn1cnc2c(Cl)c(CN3CCN(C)CC3)c(OC(F)(F)F)cc2c1=O. The molecule has 2 aromatic carbocycles. The number of hydrogen-bond donors (Lipinski definition) is 1. The summed E-state index contributed by atoms with van der Waals surface area (Å²) in [6.45, 7) is 4.19. The van der Waals surface area contributed by atoms with Crippen molar-refractivity contribution in [3.63, 3.8) is 0 Å². The van der Waals surface area contributed by atoms with Gasteiger partial charge in [-0.05, 0) is 43.8 Å². The fourth-order valence-corrected chi connectivity index (χ4v) is 6.53. The molecule has 1 aromatic heterocycles. The summed E-state index contributed by atoms with van der Waals surface area (Å²) in [5.74, 6) is -0.641. The Balaban J connectivity index is 1.82. The van der Waals surface area contributed by atoms with Crippen LogP contribution in [0.4, 0.5) is 13.2 Å².